The second-order valence-corrected chi connectivity index (χ2v) is 5.63. The van der Waals surface area contributed by atoms with E-state index in [2.05, 4.69) is 26.1 Å². The Morgan fingerprint density at radius 2 is 2.06 bits per heavy atom. The molecule has 0 aliphatic heterocycles. The fourth-order valence-corrected chi connectivity index (χ4v) is 2.82. The first-order chi connectivity index (χ1) is 8.01. The van der Waals surface area contributed by atoms with Crippen LogP contribution in [-0.2, 0) is 4.79 Å². The van der Waals surface area contributed by atoms with Crippen LogP contribution in [0, 0.1) is 17.8 Å². The molecule has 3 N–H and O–H groups in total. The zero-order valence-corrected chi connectivity index (χ0v) is 11.7. The molecule has 1 saturated carbocycles. The van der Waals surface area contributed by atoms with Crippen LogP contribution in [-0.4, -0.2) is 18.0 Å². The summed E-state index contributed by atoms with van der Waals surface area (Å²) < 4.78 is 0. The van der Waals surface area contributed by atoms with Crippen molar-refractivity contribution in [3.05, 3.63) is 0 Å². The van der Waals surface area contributed by atoms with E-state index in [1.807, 2.05) is 6.92 Å². The van der Waals surface area contributed by atoms with Crippen molar-refractivity contribution in [2.24, 2.45) is 23.5 Å². The van der Waals surface area contributed by atoms with Gasteiger partial charge in [0.05, 0.1) is 6.04 Å². The minimum atomic E-state index is -0.354. The molecular weight excluding hydrogens is 212 g/mol. The molecule has 1 amide bonds. The molecule has 0 aromatic rings. The lowest BCUT2D eigenvalue weighted by atomic mass is 9.93. The number of nitrogens with one attached hydrogen (secondary N) is 1. The van der Waals surface area contributed by atoms with E-state index in [0.29, 0.717) is 12.0 Å². The van der Waals surface area contributed by atoms with Crippen LogP contribution in [0.1, 0.15) is 53.4 Å². The molecule has 0 aromatic heterocycles. The Morgan fingerprint density at radius 1 is 1.41 bits per heavy atom. The van der Waals surface area contributed by atoms with E-state index in [1.165, 1.54) is 12.8 Å². The predicted molar refractivity (Wildman–Crippen MR) is 71.5 cm³/mol. The second-order valence-electron chi connectivity index (χ2n) is 5.63. The first-order valence-corrected chi connectivity index (χ1v) is 7.07. The van der Waals surface area contributed by atoms with Gasteiger partial charge in [0, 0.05) is 6.04 Å². The molecule has 17 heavy (non-hydrogen) atoms. The molecule has 3 nitrogen and oxygen atoms in total. The van der Waals surface area contributed by atoms with Gasteiger partial charge in [-0.15, -0.1) is 0 Å². The molecule has 0 aromatic carbocycles. The minimum absolute atomic E-state index is 0.0351. The third-order valence-electron chi connectivity index (χ3n) is 4.64. The Morgan fingerprint density at radius 3 is 2.53 bits per heavy atom. The Labute approximate surface area is 106 Å². The number of rotatable bonds is 5. The van der Waals surface area contributed by atoms with E-state index in [0.717, 1.165) is 18.8 Å². The number of carbonyl (C=O) groups excluding carboxylic acids is 1. The number of nitrogens with two attached hydrogens (primary N) is 1. The Hall–Kier alpha value is -0.570. The zero-order valence-electron chi connectivity index (χ0n) is 11.7. The molecule has 0 bridgehead atoms. The molecule has 0 heterocycles. The summed E-state index contributed by atoms with van der Waals surface area (Å²) in [5, 5.41) is 3.14. The average Bonchev–Trinajstić information content (AvgIpc) is 2.68. The molecule has 1 fully saturated rings. The van der Waals surface area contributed by atoms with Crippen molar-refractivity contribution in [3.63, 3.8) is 0 Å². The van der Waals surface area contributed by atoms with Crippen LogP contribution in [0.5, 0.6) is 0 Å². The molecule has 0 spiro atoms. The lowest BCUT2D eigenvalue weighted by molar-refractivity contribution is -0.124. The normalized spacial score (nSPS) is 32.2. The predicted octanol–water partition coefficient (Wildman–Crippen LogP) is 2.30. The summed E-state index contributed by atoms with van der Waals surface area (Å²) in [6.45, 7) is 8.59. The third-order valence-corrected chi connectivity index (χ3v) is 4.64. The van der Waals surface area contributed by atoms with Crippen molar-refractivity contribution in [2.45, 2.75) is 65.5 Å². The largest absolute Gasteiger partial charge is 0.352 e. The fraction of sp³-hybridized carbons (Fsp3) is 0.929. The molecule has 1 aliphatic carbocycles. The van der Waals surface area contributed by atoms with Gasteiger partial charge in [0.25, 0.3) is 0 Å². The van der Waals surface area contributed by atoms with Crippen molar-refractivity contribution < 1.29 is 4.79 Å². The van der Waals surface area contributed by atoms with Gasteiger partial charge in [-0.25, -0.2) is 0 Å². The van der Waals surface area contributed by atoms with Crippen molar-refractivity contribution in [3.8, 4) is 0 Å². The van der Waals surface area contributed by atoms with Gasteiger partial charge in [0.2, 0.25) is 5.91 Å². The van der Waals surface area contributed by atoms with Crippen LogP contribution in [0.4, 0.5) is 0 Å². The SMILES string of the molecule is CCC1CCC(NC(=O)[C@@H](N)[C@@H](C)CC)C1C. The van der Waals surface area contributed by atoms with Crippen molar-refractivity contribution >= 4 is 5.91 Å². The van der Waals surface area contributed by atoms with Gasteiger partial charge >= 0.3 is 0 Å². The zero-order chi connectivity index (χ0) is 13.0. The summed E-state index contributed by atoms with van der Waals surface area (Å²) >= 11 is 0. The van der Waals surface area contributed by atoms with Gasteiger partial charge in [0.1, 0.15) is 0 Å². The smallest absolute Gasteiger partial charge is 0.237 e. The maximum atomic E-state index is 12.0. The molecule has 0 saturated heterocycles. The molecule has 100 valence electrons. The lowest BCUT2D eigenvalue weighted by Crippen LogP contribution is -2.49. The third kappa shape index (κ3) is 3.44. The lowest BCUT2D eigenvalue weighted by Gasteiger charge is -2.24. The van der Waals surface area contributed by atoms with Crippen LogP contribution < -0.4 is 11.1 Å². The van der Waals surface area contributed by atoms with Gasteiger partial charge in [-0.2, -0.15) is 0 Å². The summed E-state index contributed by atoms with van der Waals surface area (Å²) in [6, 6.07) is -0.0181. The van der Waals surface area contributed by atoms with Crippen LogP contribution in [0.3, 0.4) is 0 Å². The topological polar surface area (TPSA) is 55.1 Å². The highest BCUT2D eigenvalue weighted by Crippen LogP contribution is 2.33. The molecular formula is C14H28N2O. The monoisotopic (exact) mass is 240 g/mol. The van der Waals surface area contributed by atoms with E-state index in [4.69, 9.17) is 5.73 Å². The van der Waals surface area contributed by atoms with E-state index >= 15 is 0 Å². The van der Waals surface area contributed by atoms with Gasteiger partial charge in [-0.05, 0) is 30.6 Å². The number of hydrogen-bond acceptors (Lipinski definition) is 2. The number of hydrogen-bond donors (Lipinski definition) is 2. The summed E-state index contributed by atoms with van der Waals surface area (Å²) in [6.07, 6.45) is 4.51. The Balaban J connectivity index is 2.47. The van der Waals surface area contributed by atoms with E-state index < -0.39 is 0 Å². The number of carbonyl (C=O) groups is 1. The highest BCUT2D eigenvalue weighted by molar-refractivity contribution is 5.82. The van der Waals surface area contributed by atoms with E-state index in [1.54, 1.807) is 0 Å². The Bertz CT molecular complexity index is 255. The standard InChI is InChI=1S/C14H28N2O/c1-5-9(3)13(15)14(17)16-12-8-7-11(6-2)10(12)4/h9-13H,5-8,15H2,1-4H3,(H,16,17)/t9-,10?,11?,12?,13-/m0/s1. The fourth-order valence-electron chi connectivity index (χ4n) is 2.82. The summed E-state index contributed by atoms with van der Waals surface area (Å²) in [4.78, 5) is 12.0. The highest BCUT2D eigenvalue weighted by Gasteiger charge is 2.33. The summed E-state index contributed by atoms with van der Waals surface area (Å²) in [7, 11) is 0. The van der Waals surface area contributed by atoms with Crippen LogP contribution in [0.25, 0.3) is 0 Å². The first-order valence-electron chi connectivity index (χ1n) is 7.07. The molecule has 0 radical (unpaired) electrons. The van der Waals surface area contributed by atoms with E-state index in [9.17, 15) is 4.79 Å². The van der Waals surface area contributed by atoms with Gasteiger partial charge in [-0.1, -0.05) is 40.5 Å². The molecule has 1 rings (SSSR count). The maximum absolute atomic E-state index is 12.0. The summed E-state index contributed by atoms with van der Waals surface area (Å²) in [5.41, 5.74) is 5.95. The first kappa shape index (κ1) is 14.5. The van der Waals surface area contributed by atoms with Gasteiger partial charge < -0.3 is 11.1 Å². The second kappa shape index (κ2) is 6.39. The molecule has 5 atom stereocenters. The van der Waals surface area contributed by atoms with E-state index in [-0.39, 0.29) is 17.9 Å². The minimum Gasteiger partial charge on any atom is -0.352 e. The molecule has 3 unspecified atom stereocenters. The molecule has 1 aliphatic rings. The average molecular weight is 240 g/mol. The molecule has 3 heteroatoms. The van der Waals surface area contributed by atoms with Gasteiger partial charge in [-0.3, -0.25) is 4.79 Å². The van der Waals surface area contributed by atoms with Crippen molar-refractivity contribution in [1.82, 2.24) is 5.32 Å². The Kier molecular flexibility index (Phi) is 5.44. The quantitative estimate of drug-likeness (QED) is 0.774. The van der Waals surface area contributed by atoms with Crippen LogP contribution in [0.15, 0.2) is 0 Å². The highest BCUT2D eigenvalue weighted by atomic mass is 16.2. The summed E-state index contributed by atoms with van der Waals surface area (Å²) in [5.74, 6) is 1.65. The van der Waals surface area contributed by atoms with Gasteiger partial charge in [0.15, 0.2) is 0 Å². The van der Waals surface area contributed by atoms with Crippen LogP contribution >= 0.6 is 0 Å². The van der Waals surface area contributed by atoms with Crippen molar-refractivity contribution in [2.75, 3.05) is 0 Å². The maximum Gasteiger partial charge on any atom is 0.237 e. The number of amides is 1. The van der Waals surface area contributed by atoms with Crippen molar-refractivity contribution in [1.29, 1.82) is 0 Å². The van der Waals surface area contributed by atoms with Crippen LogP contribution in [0.2, 0.25) is 0 Å².